The quantitative estimate of drug-likeness (QED) is 0.511. The maximum atomic E-state index is 14.6. The molecule has 0 fully saturated rings. The zero-order valence-corrected chi connectivity index (χ0v) is 15.3. The van der Waals surface area contributed by atoms with Crippen molar-refractivity contribution in [1.82, 2.24) is 0 Å². The second-order valence-corrected chi connectivity index (χ2v) is 7.08. The van der Waals surface area contributed by atoms with Crippen molar-refractivity contribution in [2.45, 2.75) is 57.7 Å². The molecule has 0 aromatic heterocycles. The Morgan fingerprint density at radius 1 is 1.07 bits per heavy atom. The number of hydrogen-bond donors (Lipinski definition) is 0. The minimum absolute atomic E-state index is 0.0399. The highest BCUT2D eigenvalue weighted by molar-refractivity contribution is 5.42. The van der Waals surface area contributed by atoms with E-state index in [1.807, 2.05) is 6.92 Å². The summed E-state index contributed by atoms with van der Waals surface area (Å²) < 4.78 is 84.3. The molecule has 1 unspecified atom stereocenters. The molecular formula is C21H20F6O. The first-order valence-corrected chi connectivity index (χ1v) is 9.23. The summed E-state index contributed by atoms with van der Waals surface area (Å²) in [6, 6.07) is 4.91. The Kier molecular flexibility index (Phi) is 5.91. The van der Waals surface area contributed by atoms with Crippen LogP contribution in [0.3, 0.4) is 0 Å². The Morgan fingerprint density at radius 3 is 2.36 bits per heavy atom. The number of benzene rings is 2. The Morgan fingerprint density at radius 2 is 1.75 bits per heavy atom. The molecule has 152 valence electrons. The smallest absolute Gasteiger partial charge is 0.403 e. The van der Waals surface area contributed by atoms with Gasteiger partial charge in [-0.3, -0.25) is 0 Å². The first-order valence-electron chi connectivity index (χ1n) is 9.23. The van der Waals surface area contributed by atoms with Gasteiger partial charge in [-0.1, -0.05) is 19.4 Å². The highest BCUT2D eigenvalue weighted by Gasteiger charge is 2.34. The second kappa shape index (κ2) is 8.05. The number of fused-ring (bicyclic) bond motifs is 1. The lowest BCUT2D eigenvalue weighted by atomic mass is 9.79. The molecule has 1 atom stereocenters. The molecule has 0 spiro atoms. The average Bonchev–Trinajstić information content (AvgIpc) is 2.61. The van der Waals surface area contributed by atoms with Gasteiger partial charge in [0.1, 0.15) is 11.6 Å². The van der Waals surface area contributed by atoms with Crippen LogP contribution in [-0.4, -0.2) is 6.36 Å². The number of ether oxygens (including phenoxy) is 1. The largest absolute Gasteiger partial charge is 0.573 e. The molecule has 0 saturated heterocycles. The Balaban J connectivity index is 1.85. The minimum Gasteiger partial charge on any atom is -0.403 e. The van der Waals surface area contributed by atoms with E-state index < -0.39 is 35.5 Å². The molecule has 0 amide bonds. The fourth-order valence-corrected chi connectivity index (χ4v) is 3.79. The molecule has 1 aliphatic carbocycles. The van der Waals surface area contributed by atoms with Gasteiger partial charge in [0.2, 0.25) is 0 Å². The maximum absolute atomic E-state index is 14.6. The number of unbranched alkanes of at least 4 members (excludes halogenated alkanes) is 1. The Labute approximate surface area is 159 Å². The third-order valence-electron chi connectivity index (χ3n) is 5.11. The maximum Gasteiger partial charge on any atom is 0.573 e. The Hall–Kier alpha value is -2.18. The fourth-order valence-electron chi connectivity index (χ4n) is 3.79. The zero-order chi connectivity index (χ0) is 20.5. The third kappa shape index (κ3) is 4.45. The molecule has 3 rings (SSSR count). The van der Waals surface area contributed by atoms with Gasteiger partial charge in [0.25, 0.3) is 0 Å². The van der Waals surface area contributed by atoms with Crippen molar-refractivity contribution in [1.29, 1.82) is 0 Å². The SMILES string of the molecule is CCCCc1cc(F)c(C2CCc3c(ccc(OC(F)(F)F)c3F)C2)c(F)c1. The van der Waals surface area contributed by atoms with Gasteiger partial charge in [-0.25, -0.2) is 13.2 Å². The van der Waals surface area contributed by atoms with Crippen molar-refractivity contribution in [2.24, 2.45) is 0 Å². The predicted octanol–water partition coefficient (Wildman–Crippen LogP) is 6.62. The summed E-state index contributed by atoms with van der Waals surface area (Å²) >= 11 is 0. The molecule has 1 nitrogen and oxygen atoms in total. The van der Waals surface area contributed by atoms with Crippen molar-refractivity contribution in [3.05, 3.63) is 64.0 Å². The summed E-state index contributed by atoms with van der Waals surface area (Å²) in [4.78, 5) is 0. The third-order valence-corrected chi connectivity index (χ3v) is 5.11. The van der Waals surface area contributed by atoms with Crippen molar-refractivity contribution in [3.63, 3.8) is 0 Å². The Bertz CT molecular complexity index is 836. The lowest BCUT2D eigenvalue weighted by Crippen LogP contribution is -2.20. The van der Waals surface area contributed by atoms with Gasteiger partial charge in [-0.15, -0.1) is 13.2 Å². The van der Waals surface area contributed by atoms with Crippen molar-refractivity contribution in [2.75, 3.05) is 0 Å². The van der Waals surface area contributed by atoms with Crippen LogP contribution in [0.5, 0.6) is 5.75 Å². The summed E-state index contributed by atoms with van der Waals surface area (Å²) in [5, 5.41) is 0. The molecular weight excluding hydrogens is 382 g/mol. The van der Waals surface area contributed by atoms with Crippen LogP contribution in [0.1, 0.15) is 54.4 Å². The van der Waals surface area contributed by atoms with Crippen LogP contribution in [-0.2, 0) is 19.3 Å². The van der Waals surface area contributed by atoms with Gasteiger partial charge < -0.3 is 4.74 Å². The fraction of sp³-hybridized carbons (Fsp3) is 0.429. The van der Waals surface area contributed by atoms with E-state index in [-0.39, 0.29) is 30.4 Å². The zero-order valence-electron chi connectivity index (χ0n) is 15.3. The molecule has 0 radical (unpaired) electrons. The van der Waals surface area contributed by atoms with Gasteiger partial charge in [0.15, 0.2) is 11.6 Å². The standard InChI is InChI=1S/C21H20F6O/c1-2-3-4-12-9-16(22)19(17(23)10-12)14-5-7-15-13(11-14)6-8-18(20(15)24)28-21(25,26)27/h6,8-10,14H,2-5,7,11H2,1H3. The average molecular weight is 402 g/mol. The molecule has 28 heavy (non-hydrogen) atoms. The monoisotopic (exact) mass is 402 g/mol. The summed E-state index contributed by atoms with van der Waals surface area (Å²) in [5.74, 6) is -3.71. The highest BCUT2D eigenvalue weighted by Crippen LogP contribution is 2.39. The van der Waals surface area contributed by atoms with Crippen LogP contribution in [0, 0.1) is 17.5 Å². The molecule has 0 bridgehead atoms. The number of aryl methyl sites for hydroxylation is 1. The number of halogens is 6. The predicted molar refractivity (Wildman–Crippen MR) is 92.8 cm³/mol. The van der Waals surface area contributed by atoms with Crippen LogP contribution in [0.4, 0.5) is 26.3 Å². The van der Waals surface area contributed by atoms with Crippen LogP contribution in [0.15, 0.2) is 24.3 Å². The molecule has 1 aliphatic rings. The molecule has 7 heteroatoms. The van der Waals surface area contributed by atoms with Gasteiger partial charge in [-0.2, -0.15) is 0 Å². The van der Waals surface area contributed by atoms with Gasteiger partial charge in [0, 0.05) is 5.56 Å². The van der Waals surface area contributed by atoms with Gasteiger partial charge in [0.05, 0.1) is 0 Å². The molecule has 2 aromatic carbocycles. The summed E-state index contributed by atoms with van der Waals surface area (Å²) in [7, 11) is 0. The van der Waals surface area contributed by atoms with Crippen molar-refractivity contribution in [3.8, 4) is 5.75 Å². The van der Waals surface area contributed by atoms with E-state index in [1.165, 1.54) is 18.2 Å². The number of hydrogen-bond acceptors (Lipinski definition) is 1. The van der Waals surface area contributed by atoms with Gasteiger partial charge in [-0.05, 0) is 72.9 Å². The topological polar surface area (TPSA) is 9.23 Å². The van der Waals surface area contributed by atoms with Crippen LogP contribution in [0.25, 0.3) is 0 Å². The first-order chi connectivity index (χ1) is 13.2. The van der Waals surface area contributed by atoms with E-state index in [1.54, 1.807) is 0 Å². The van der Waals surface area contributed by atoms with E-state index in [0.29, 0.717) is 17.5 Å². The second-order valence-electron chi connectivity index (χ2n) is 7.08. The lowest BCUT2D eigenvalue weighted by molar-refractivity contribution is -0.275. The van der Waals surface area contributed by atoms with E-state index >= 15 is 0 Å². The molecule has 0 N–H and O–H groups in total. The van der Waals surface area contributed by atoms with E-state index in [0.717, 1.165) is 18.9 Å². The molecule has 0 aliphatic heterocycles. The first kappa shape index (κ1) is 20.6. The van der Waals surface area contributed by atoms with Crippen LogP contribution in [0.2, 0.25) is 0 Å². The number of alkyl halides is 3. The normalized spacial score (nSPS) is 16.8. The van der Waals surface area contributed by atoms with Crippen molar-refractivity contribution < 1.29 is 31.1 Å². The molecule has 2 aromatic rings. The summed E-state index contributed by atoms with van der Waals surface area (Å²) in [5.41, 5.74) is 1.11. The summed E-state index contributed by atoms with van der Waals surface area (Å²) in [6.45, 7) is 1.99. The van der Waals surface area contributed by atoms with E-state index in [4.69, 9.17) is 0 Å². The highest BCUT2D eigenvalue weighted by atomic mass is 19.4. The molecule has 0 saturated carbocycles. The van der Waals surface area contributed by atoms with Crippen LogP contribution < -0.4 is 4.74 Å². The van der Waals surface area contributed by atoms with Crippen molar-refractivity contribution >= 4 is 0 Å². The van der Waals surface area contributed by atoms with Gasteiger partial charge >= 0.3 is 6.36 Å². The minimum atomic E-state index is -4.99. The van der Waals surface area contributed by atoms with E-state index in [9.17, 15) is 26.3 Å². The number of rotatable bonds is 5. The van der Waals surface area contributed by atoms with Crippen LogP contribution >= 0.6 is 0 Å². The van der Waals surface area contributed by atoms with E-state index in [2.05, 4.69) is 4.74 Å². The molecule has 0 heterocycles. The summed E-state index contributed by atoms with van der Waals surface area (Å²) in [6.07, 6.45) is -2.18. The lowest BCUT2D eigenvalue weighted by Gasteiger charge is -2.27.